The fourth-order valence-electron chi connectivity index (χ4n) is 1.67. The van der Waals surface area contributed by atoms with E-state index in [-0.39, 0.29) is 0 Å². The summed E-state index contributed by atoms with van der Waals surface area (Å²) in [6.45, 7) is 7.55. The Morgan fingerprint density at radius 2 is 2.06 bits per heavy atom. The van der Waals surface area contributed by atoms with Gasteiger partial charge in [0.1, 0.15) is 5.75 Å². The fourth-order valence-corrected chi connectivity index (χ4v) is 2.18. The van der Waals surface area contributed by atoms with Crippen molar-refractivity contribution in [3.05, 3.63) is 27.8 Å². The first-order valence-corrected chi connectivity index (χ1v) is 7.85. The van der Waals surface area contributed by atoms with Crippen LogP contribution in [-0.4, -0.2) is 19.7 Å². The summed E-state index contributed by atoms with van der Waals surface area (Å²) in [5, 5.41) is 3.46. The van der Waals surface area contributed by atoms with Crippen LogP contribution in [0.25, 0.3) is 0 Å². The first-order valence-electron chi connectivity index (χ1n) is 6.77. The molecule has 1 rings (SSSR count). The second-order valence-electron chi connectivity index (χ2n) is 4.96. The van der Waals surface area contributed by atoms with Crippen molar-refractivity contribution in [2.45, 2.75) is 33.1 Å². The van der Waals surface area contributed by atoms with E-state index in [2.05, 4.69) is 53.9 Å². The average Bonchev–Trinajstić information content (AvgIpc) is 2.32. The molecule has 0 aromatic heterocycles. The predicted octanol–water partition coefficient (Wildman–Crippen LogP) is 4.09. The number of rotatable bonds is 9. The van der Waals surface area contributed by atoms with Crippen molar-refractivity contribution in [2.75, 3.05) is 19.7 Å². The maximum atomic E-state index is 5.71. The SMILES string of the molecule is CC(C)CNCCCCCOc1cccc(I)c1. The lowest BCUT2D eigenvalue weighted by atomic mass is 10.2. The highest BCUT2D eigenvalue weighted by Crippen LogP contribution is 2.15. The fraction of sp³-hybridized carbons (Fsp3) is 0.600. The smallest absolute Gasteiger partial charge is 0.120 e. The molecule has 1 aromatic rings. The van der Waals surface area contributed by atoms with Crippen LogP contribution >= 0.6 is 22.6 Å². The van der Waals surface area contributed by atoms with Crippen molar-refractivity contribution >= 4 is 22.6 Å². The molecule has 0 unspecified atom stereocenters. The topological polar surface area (TPSA) is 21.3 Å². The van der Waals surface area contributed by atoms with Crippen molar-refractivity contribution in [1.29, 1.82) is 0 Å². The minimum Gasteiger partial charge on any atom is -0.494 e. The molecule has 3 heteroatoms. The van der Waals surface area contributed by atoms with Gasteiger partial charge >= 0.3 is 0 Å². The standard InChI is InChI=1S/C15H24INO/c1-13(2)12-17-9-4-3-5-10-18-15-8-6-7-14(16)11-15/h6-8,11,13,17H,3-5,9-10,12H2,1-2H3. The molecule has 0 aliphatic rings. The predicted molar refractivity (Wildman–Crippen MR) is 86.2 cm³/mol. The molecular formula is C15H24INO. The van der Waals surface area contributed by atoms with Crippen molar-refractivity contribution in [1.82, 2.24) is 5.32 Å². The minimum atomic E-state index is 0.744. The van der Waals surface area contributed by atoms with E-state index >= 15 is 0 Å². The molecule has 1 aromatic carbocycles. The van der Waals surface area contributed by atoms with Crippen LogP contribution < -0.4 is 10.1 Å². The van der Waals surface area contributed by atoms with Gasteiger partial charge in [-0.1, -0.05) is 19.9 Å². The van der Waals surface area contributed by atoms with Gasteiger partial charge in [0.05, 0.1) is 6.61 Å². The molecule has 0 fully saturated rings. The molecule has 0 spiro atoms. The Morgan fingerprint density at radius 1 is 1.22 bits per heavy atom. The monoisotopic (exact) mass is 361 g/mol. The average molecular weight is 361 g/mol. The van der Waals surface area contributed by atoms with Crippen molar-refractivity contribution in [3.63, 3.8) is 0 Å². The van der Waals surface area contributed by atoms with E-state index in [9.17, 15) is 0 Å². The zero-order chi connectivity index (χ0) is 13.2. The maximum Gasteiger partial charge on any atom is 0.120 e. The van der Waals surface area contributed by atoms with Gasteiger partial charge in [-0.3, -0.25) is 0 Å². The van der Waals surface area contributed by atoms with Gasteiger partial charge in [-0.05, 0) is 79.1 Å². The van der Waals surface area contributed by atoms with Gasteiger partial charge < -0.3 is 10.1 Å². The van der Waals surface area contributed by atoms with Crippen molar-refractivity contribution in [2.24, 2.45) is 5.92 Å². The van der Waals surface area contributed by atoms with Gasteiger partial charge in [-0.25, -0.2) is 0 Å². The molecule has 18 heavy (non-hydrogen) atoms. The molecule has 0 amide bonds. The molecule has 0 atom stereocenters. The number of ether oxygens (including phenoxy) is 1. The normalized spacial score (nSPS) is 10.9. The number of nitrogens with one attached hydrogen (secondary N) is 1. The summed E-state index contributed by atoms with van der Waals surface area (Å²) in [6, 6.07) is 8.21. The number of benzene rings is 1. The summed E-state index contributed by atoms with van der Waals surface area (Å²) in [6.07, 6.45) is 3.60. The lowest BCUT2D eigenvalue weighted by molar-refractivity contribution is 0.304. The zero-order valence-electron chi connectivity index (χ0n) is 11.4. The highest BCUT2D eigenvalue weighted by molar-refractivity contribution is 14.1. The third kappa shape index (κ3) is 7.93. The summed E-state index contributed by atoms with van der Waals surface area (Å²) < 4.78 is 6.93. The Balaban J connectivity index is 1.96. The third-order valence-electron chi connectivity index (χ3n) is 2.62. The van der Waals surface area contributed by atoms with Crippen LogP contribution in [0.2, 0.25) is 0 Å². The van der Waals surface area contributed by atoms with Crippen LogP contribution in [-0.2, 0) is 0 Å². The van der Waals surface area contributed by atoms with Crippen LogP contribution in [0, 0.1) is 9.49 Å². The molecule has 0 heterocycles. The first kappa shape index (κ1) is 15.8. The number of unbranched alkanes of at least 4 members (excludes halogenated alkanes) is 2. The van der Waals surface area contributed by atoms with Gasteiger partial charge in [0.2, 0.25) is 0 Å². The molecule has 102 valence electrons. The van der Waals surface area contributed by atoms with Gasteiger partial charge in [0.25, 0.3) is 0 Å². The lowest BCUT2D eigenvalue weighted by Crippen LogP contribution is -2.20. The third-order valence-corrected chi connectivity index (χ3v) is 3.29. The van der Waals surface area contributed by atoms with E-state index in [0.717, 1.165) is 37.8 Å². The van der Waals surface area contributed by atoms with Gasteiger partial charge in [-0.2, -0.15) is 0 Å². The van der Waals surface area contributed by atoms with Crippen LogP contribution in [0.4, 0.5) is 0 Å². The van der Waals surface area contributed by atoms with E-state index < -0.39 is 0 Å². The zero-order valence-corrected chi connectivity index (χ0v) is 13.6. The highest BCUT2D eigenvalue weighted by Gasteiger charge is 1.96. The first-order chi connectivity index (χ1) is 8.68. The Hall–Kier alpha value is -0.290. The summed E-state index contributed by atoms with van der Waals surface area (Å²) in [7, 11) is 0. The Morgan fingerprint density at radius 3 is 2.78 bits per heavy atom. The minimum absolute atomic E-state index is 0.744. The molecule has 0 saturated heterocycles. The lowest BCUT2D eigenvalue weighted by Gasteiger charge is -2.08. The molecular weight excluding hydrogens is 337 g/mol. The quantitative estimate of drug-likeness (QED) is 0.529. The summed E-state index contributed by atoms with van der Waals surface area (Å²) >= 11 is 2.31. The van der Waals surface area contributed by atoms with E-state index in [0.29, 0.717) is 0 Å². The van der Waals surface area contributed by atoms with Crippen LogP contribution in [0.1, 0.15) is 33.1 Å². The van der Waals surface area contributed by atoms with Crippen LogP contribution in [0.3, 0.4) is 0 Å². The summed E-state index contributed by atoms with van der Waals surface area (Å²) in [5.41, 5.74) is 0. The molecule has 0 radical (unpaired) electrons. The second kappa shape index (κ2) is 9.62. The van der Waals surface area contributed by atoms with Crippen molar-refractivity contribution < 1.29 is 4.74 Å². The van der Waals surface area contributed by atoms with E-state index in [1.54, 1.807) is 0 Å². The summed E-state index contributed by atoms with van der Waals surface area (Å²) in [4.78, 5) is 0. The molecule has 0 aliphatic heterocycles. The Labute approximate surface area is 125 Å². The Kier molecular flexibility index (Phi) is 8.42. The van der Waals surface area contributed by atoms with E-state index in [4.69, 9.17) is 4.74 Å². The molecule has 0 saturated carbocycles. The molecule has 1 N–H and O–H groups in total. The second-order valence-corrected chi connectivity index (χ2v) is 6.21. The summed E-state index contributed by atoms with van der Waals surface area (Å²) in [5.74, 6) is 1.73. The highest BCUT2D eigenvalue weighted by atomic mass is 127. The molecule has 0 aliphatic carbocycles. The van der Waals surface area contributed by atoms with Gasteiger partial charge in [0.15, 0.2) is 0 Å². The molecule has 2 nitrogen and oxygen atoms in total. The van der Waals surface area contributed by atoms with E-state index in [1.165, 1.54) is 16.4 Å². The van der Waals surface area contributed by atoms with E-state index in [1.807, 2.05) is 12.1 Å². The molecule has 0 bridgehead atoms. The number of halogens is 1. The maximum absolute atomic E-state index is 5.71. The number of hydrogen-bond donors (Lipinski definition) is 1. The Bertz CT molecular complexity index is 328. The van der Waals surface area contributed by atoms with Gasteiger partial charge in [0, 0.05) is 3.57 Å². The van der Waals surface area contributed by atoms with Crippen LogP contribution in [0.15, 0.2) is 24.3 Å². The van der Waals surface area contributed by atoms with Crippen LogP contribution in [0.5, 0.6) is 5.75 Å². The van der Waals surface area contributed by atoms with Gasteiger partial charge in [-0.15, -0.1) is 0 Å². The van der Waals surface area contributed by atoms with Crippen molar-refractivity contribution in [3.8, 4) is 5.75 Å². The number of hydrogen-bond acceptors (Lipinski definition) is 2. The largest absolute Gasteiger partial charge is 0.494 e.